The molecule has 0 radical (unpaired) electrons. The van der Waals surface area contributed by atoms with E-state index >= 15 is 0 Å². The number of carbonyl (C=O) groups excluding carboxylic acids is 2. The first-order chi connectivity index (χ1) is 10.7. The van der Waals surface area contributed by atoms with Crippen LogP contribution in [0.4, 0.5) is 4.79 Å². The predicted molar refractivity (Wildman–Crippen MR) is 84.6 cm³/mol. The van der Waals surface area contributed by atoms with E-state index in [2.05, 4.69) is 0 Å². The molecule has 0 unspecified atom stereocenters. The lowest BCUT2D eigenvalue weighted by atomic mass is 10.1. The molecule has 2 aromatic carbocycles. The van der Waals surface area contributed by atoms with Gasteiger partial charge in [0.2, 0.25) is 0 Å². The second kappa shape index (κ2) is 7.98. The Bertz CT molecular complexity index is 611. The number of Topliss-reactive ketones (excluding diaryl/α,β-unsaturated/α-hetero) is 1. The number of ether oxygens (including phenoxy) is 1. The van der Waals surface area contributed by atoms with Crippen LogP contribution in [0.1, 0.15) is 22.8 Å². The van der Waals surface area contributed by atoms with Crippen LogP contribution in [-0.4, -0.2) is 29.9 Å². The predicted octanol–water partition coefficient (Wildman–Crippen LogP) is 3.53. The standard InChI is InChI=1S/C18H19NO3/c1-2-19(13-17(20)16-11-7-4-8-12-16)18(21)22-14-15-9-5-3-6-10-15/h3-12H,2,13-14H2,1H3. The molecule has 0 aliphatic heterocycles. The zero-order valence-corrected chi connectivity index (χ0v) is 12.6. The molecule has 0 N–H and O–H groups in total. The van der Waals surface area contributed by atoms with E-state index in [-0.39, 0.29) is 18.9 Å². The van der Waals surface area contributed by atoms with Crippen molar-refractivity contribution in [3.63, 3.8) is 0 Å². The fourth-order valence-corrected chi connectivity index (χ4v) is 2.00. The van der Waals surface area contributed by atoms with Crippen LogP contribution in [0.3, 0.4) is 0 Å². The molecule has 0 heterocycles. The molecule has 0 fully saturated rings. The molecule has 0 bridgehead atoms. The molecule has 0 aliphatic carbocycles. The zero-order valence-electron chi connectivity index (χ0n) is 12.6. The molecule has 1 amide bonds. The highest BCUT2D eigenvalue weighted by molar-refractivity contribution is 5.98. The van der Waals surface area contributed by atoms with E-state index in [1.165, 1.54) is 4.90 Å². The molecule has 0 aliphatic rings. The molecule has 4 heteroatoms. The number of hydrogen-bond acceptors (Lipinski definition) is 3. The van der Waals surface area contributed by atoms with Crippen LogP contribution in [0.25, 0.3) is 0 Å². The fraction of sp³-hybridized carbons (Fsp3) is 0.222. The van der Waals surface area contributed by atoms with Gasteiger partial charge in [-0.15, -0.1) is 0 Å². The van der Waals surface area contributed by atoms with Crippen LogP contribution < -0.4 is 0 Å². The number of benzene rings is 2. The van der Waals surface area contributed by atoms with Gasteiger partial charge < -0.3 is 9.64 Å². The second-order valence-electron chi connectivity index (χ2n) is 4.84. The lowest BCUT2D eigenvalue weighted by Gasteiger charge is -2.19. The molecular weight excluding hydrogens is 278 g/mol. The lowest BCUT2D eigenvalue weighted by Crippen LogP contribution is -2.35. The van der Waals surface area contributed by atoms with Crippen molar-refractivity contribution in [3.05, 3.63) is 71.8 Å². The van der Waals surface area contributed by atoms with E-state index in [1.807, 2.05) is 43.3 Å². The van der Waals surface area contributed by atoms with Crippen molar-refractivity contribution in [2.75, 3.05) is 13.1 Å². The van der Waals surface area contributed by atoms with Crippen molar-refractivity contribution in [2.45, 2.75) is 13.5 Å². The third-order valence-electron chi connectivity index (χ3n) is 3.28. The summed E-state index contributed by atoms with van der Waals surface area (Å²) in [7, 11) is 0. The summed E-state index contributed by atoms with van der Waals surface area (Å²) in [6.07, 6.45) is -0.476. The maximum Gasteiger partial charge on any atom is 0.410 e. The molecule has 0 atom stereocenters. The molecule has 0 spiro atoms. The first-order valence-corrected chi connectivity index (χ1v) is 7.24. The quantitative estimate of drug-likeness (QED) is 0.766. The Balaban J connectivity index is 1.90. The molecular formula is C18H19NO3. The van der Waals surface area contributed by atoms with E-state index in [0.29, 0.717) is 12.1 Å². The lowest BCUT2D eigenvalue weighted by molar-refractivity contribution is 0.0813. The monoisotopic (exact) mass is 297 g/mol. The minimum Gasteiger partial charge on any atom is -0.445 e. The smallest absolute Gasteiger partial charge is 0.410 e. The van der Waals surface area contributed by atoms with E-state index < -0.39 is 6.09 Å². The van der Waals surface area contributed by atoms with Crippen molar-refractivity contribution >= 4 is 11.9 Å². The minimum atomic E-state index is -0.476. The number of ketones is 1. The second-order valence-corrected chi connectivity index (χ2v) is 4.84. The number of carbonyl (C=O) groups is 2. The van der Waals surface area contributed by atoms with Gasteiger partial charge in [-0.3, -0.25) is 4.79 Å². The Morgan fingerprint density at radius 1 is 0.955 bits per heavy atom. The Morgan fingerprint density at radius 3 is 2.14 bits per heavy atom. The summed E-state index contributed by atoms with van der Waals surface area (Å²) in [5, 5.41) is 0. The topological polar surface area (TPSA) is 46.6 Å². The Labute approximate surface area is 130 Å². The maximum atomic E-state index is 12.1. The fourth-order valence-electron chi connectivity index (χ4n) is 2.00. The van der Waals surface area contributed by atoms with Crippen LogP contribution in [0.5, 0.6) is 0 Å². The van der Waals surface area contributed by atoms with Crippen LogP contribution >= 0.6 is 0 Å². The largest absolute Gasteiger partial charge is 0.445 e. The highest BCUT2D eigenvalue weighted by Gasteiger charge is 2.17. The van der Waals surface area contributed by atoms with Gasteiger partial charge in [-0.05, 0) is 12.5 Å². The summed E-state index contributed by atoms with van der Waals surface area (Å²) < 4.78 is 5.25. The highest BCUT2D eigenvalue weighted by atomic mass is 16.6. The number of likely N-dealkylation sites (N-methyl/N-ethyl adjacent to an activating group) is 1. The summed E-state index contributed by atoms with van der Waals surface area (Å²) >= 11 is 0. The van der Waals surface area contributed by atoms with Crippen LogP contribution in [0.15, 0.2) is 60.7 Å². The van der Waals surface area contributed by atoms with Crippen molar-refractivity contribution in [1.82, 2.24) is 4.90 Å². The normalized spacial score (nSPS) is 10.0. The Kier molecular flexibility index (Phi) is 5.72. The Hall–Kier alpha value is -2.62. The van der Waals surface area contributed by atoms with Gasteiger partial charge in [0.25, 0.3) is 0 Å². The van der Waals surface area contributed by atoms with E-state index in [1.54, 1.807) is 24.3 Å². The van der Waals surface area contributed by atoms with E-state index in [9.17, 15) is 9.59 Å². The summed E-state index contributed by atoms with van der Waals surface area (Å²) in [5.74, 6) is -0.0980. The van der Waals surface area contributed by atoms with Gasteiger partial charge in [0.05, 0.1) is 6.54 Å². The van der Waals surface area contributed by atoms with E-state index in [0.717, 1.165) is 5.56 Å². The van der Waals surface area contributed by atoms with Crippen LogP contribution in [-0.2, 0) is 11.3 Å². The number of amides is 1. The molecule has 4 nitrogen and oxygen atoms in total. The number of nitrogens with zero attached hydrogens (tertiary/aromatic N) is 1. The maximum absolute atomic E-state index is 12.1. The molecule has 114 valence electrons. The van der Waals surface area contributed by atoms with Gasteiger partial charge in [0.15, 0.2) is 5.78 Å². The number of hydrogen-bond donors (Lipinski definition) is 0. The summed E-state index contributed by atoms with van der Waals surface area (Å²) in [5.41, 5.74) is 1.51. The van der Waals surface area contributed by atoms with Gasteiger partial charge in [-0.25, -0.2) is 4.79 Å². The minimum absolute atomic E-state index is 0.0220. The van der Waals surface area contributed by atoms with Crippen LogP contribution in [0.2, 0.25) is 0 Å². The van der Waals surface area contributed by atoms with Crippen molar-refractivity contribution in [3.8, 4) is 0 Å². The average molecular weight is 297 g/mol. The van der Waals surface area contributed by atoms with Crippen LogP contribution in [0, 0.1) is 0 Å². The Morgan fingerprint density at radius 2 is 1.55 bits per heavy atom. The first kappa shape index (κ1) is 15.8. The van der Waals surface area contributed by atoms with Gasteiger partial charge in [-0.2, -0.15) is 0 Å². The van der Waals surface area contributed by atoms with Gasteiger partial charge in [0.1, 0.15) is 6.61 Å². The average Bonchev–Trinajstić information content (AvgIpc) is 2.59. The first-order valence-electron chi connectivity index (χ1n) is 7.24. The SMILES string of the molecule is CCN(CC(=O)c1ccccc1)C(=O)OCc1ccccc1. The molecule has 2 rings (SSSR count). The molecule has 0 aromatic heterocycles. The molecule has 22 heavy (non-hydrogen) atoms. The van der Waals surface area contributed by atoms with E-state index in [4.69, 9.17) is 4.74 Å². The van der Waals surface area contributed by atoms with Crippen molar-refractivity contribution in [2.24, 2.45) is 0 Å². The summed E-state index contributed by atoms with van der Waals surface area (Å²) in [6.45, 7) is 2.47. The third-order valence-corrected chi connectivity index (χ3v) is 3.28. The van der Waals surface area contributed by atoms with Gasteiger partial charge in [0, 0.05) is 12.1 Å². The van der Waals surface area contributed by atoms with Gasteiger partial charge in [-0.1, -0.05) is 60.7 Å². The third kappa shape index (κ3) is 4.45. The summed E-state index contributed by atoms with van der Waals surface area (Å²) in [4.78, 5) is 25.6. The highest BCUT2D eigenvalue weighted by Crippen LogP contribution is 2.06. The zero-order chi connectivity index (χ0) is 15.8. The van der Waals surface area contributed by atoms with Gasteiger partial charge >= 0.3 is 6.09 Å². The molecule has 0 saturated carbocycles. The molecule has 2 aromatic rings. The van der Waals surface area contributed by atoms with Crippen molar-refractivity contribution < 1.29 is 14.3 Å². The summed E-state index contributed by atoms with van der Waals surface area (Å²) in [6, 6.07) is 18.4. The molecule has 0 saturated heterocycles. The van der Waals surface area contributed by atoms with Crippen molar-refractivity contribution in [1.29, 1.82) is 0 Å². The number of rotatable bonds is 6.